The lowest BCUT2D eigenvalue weighted by Crippen LogP contribution is -2.46. The van der Waals surface area contributed by atoms with E-state index < -0.39 is 0 Å². The van der Waals surface area contributed by atoms with Gasteiger partial charge in [-0.2, -0.15) is 0 Å². The summed E-state index contributed by atoms with van der Waals surface area (Å²) >= 11 is 6.29. The Kier molecular flexibility index (Phi) is 10.4. The zero-order chi connectivity index (χ0) is 21.6. The number of amides is 1. The molecule has 0 spiro atoms. The van der Waals surface area contributed by atoms with Crippen LogP contribution in [0.25, 0.3) is 0 Å². The Bertz CT molecular complexity index is 753. The van der Waals surface area contributed by atoms with Gasteiger partial charge in [0.15, 0.2) is 5.96 Å². The van der Waals surface area contributed by atoms with Crippen LogP contribution in [0.1, 0.15) is 45.6 Å². The first kappa shape index (κ1) is 26.2. The summed E-state index contributed by atoms with van der Waals surface area (Å²) in [6.45, 7) is 10.5. The van der Waals surface area contributed by atoms with Gasteiger partial charge in [-0.15, -0.1) is 24.0 Å². The SMILES string of the molecule is CCNC(=NCC1(c2cccc(Cl)c2)CCOCC1)NC1CCN(C(=O)C(C)C)C1.I. The van der Waals surface area contributed by atoms with Crippen molar-refractivity contribution in [2.24, 2.45) is 10.9 Å². The largest absolute Gasteiger partial charge is 0.381 e. The van der Waals surface area contributed by atoms with Gasteiger partial charge in [0.05, 0.1) is 6.54 Å². The fourth-order valence-corrected chi connectivity index (χ4v) is 4.50. The number of guanidine groups is 1. The number of carbonyl (C=O) groups is 1. The van der Waals surface area contributed by atoms with Crippen molar-refractivity contribution in [1.29, 1.82) is 0 Å². The van der Waals surface area contributed by atoms with Crippen LogP contribution in [0.4, 0.5) is 0 Å². The second kappa shape index (κ2) is 12.3. The standard InChI is InChI=1S/C23H35ClN4O2.HI/c1-4-25-22(27-20-8-11-28(15-20)21(29)17(2)3)26-16-23(9-12-30-13-10-23)18-6-5-7-19(24)14-18;/h5-7,14,17,20H,4,8-13,15-16H2,1-3H3,(H2,25,26,27);1H. The molecule has 1 aromatic carbocycles. The number of halogens is 2. The summed E-state index contributed by atoms with van der Waals surface area (Å²) in [6.07, 6.45) is 2.79. The highest BCUT2D eigenvalue weighted by Crippen LogP contribution is 2.36. The van der Waals surface area contributed by atoms with E-state index in [9.17, 15) is 4.79 Å². The lowest BCUT2D eigenvalue weighted by molar-refractivity contribution is -0.133. The summed E-state index contributed by atoms with van der Waals surface area (Å²) in [6, 6.07) is 8.37. The predicted octanol–water partition coefficient (Wildman–Crippen LogP) is 3.82. The van der Waals surface area contributed by atoms with E-state index in [1.165, 1.54) is 5.56 Å². The van der Waals surface area contributed by atoms with Crippen LogP contribution in [0.3, 0.4) is 0 Å². The van der Waals surface area contributed by atoms with Gasteiger partial charge in [-0.05, 0) is 43.9 Å². The van der Waals surface area contributed by atoms with Crippen molar-refractivity contribution in [1.82, 2.24) is 15.5 Å². The zero-order valence-corrected chi connectivity index (χ0v) is 21.9. The van der Waals surface area contributed by atoms with Crippen molar-refractivity contribution < 1.29 is 9.53 Å². The topological polar surface area (TPSA) is 66.0 Å². The number of aliphatic imine (C=N–C) groups is 1. The maximum atomic E-state index is 12.3. The number of rotatable bonds is 6. The maximum Gasteiger partial charge on any atom is 0.225 e. The first-order chi connectivity index (χ1) is 14.4. The number of nitrogens with one attached hydrogen (secondary N) is 2. The smallest absolute Gasteiger partial charge is 0.225 e. The van der Waals surface area contributed by atoms with E-state index in [0.29, 0.717) is 6.54 Å². The van der Waals surface area contributed by atoms with Gasteiger partial charge in [-0.3, -0.25) is 9.79 Å². The summed E-state index contributed by atoms with van der Waals surface area (Å²) < 4.78 is 5.64. The number of nitrogens with zero attached hydrogens (tertiary/aromatic N) is 2. The predicted molar refractivity (Wildman–Crippen MR) is 138 cm³/mol. The molecule has 1 unspecified atom stereocenters. The summed E-state index contributed by atoms with van der Waals surface area (Å²) in [4.78, 5) is 19.2. The van der Waals surface area contributed by atoms with E-state index in [1.54, 1.807) is 0 Å². The molecule has 2 aliphatic rings. The van der Waals surface area contributed by atoms with Crippen LogP contribution in [0.5, 0.6) is 0 Å². The normalized spacial score (nSPS) is 21.0. The summed E-state index contributed by atoms with van der Waals surface area (Å²) in [7, 11) is 0. The van der Waals surface area contributed by atoms with Crippen molar-refractivity contribution in [3.8, 4) is 0 Å². The molecule has 0 aromatic heterocycles. The minimum Gasteiger partial charge on any atom is -0.381 e. The number of ether oxygens (including phenoxy) is 1. The highest BCUT2D eigenvalue weighted by Gasteiger charge is 2.35. The molecule has 0 saturated carbocycles. The van der Waals surface area contributed by atoms with Crippen molar-refractivity contribution >= 4 is 47.4 Å². The minimum absolute atomic E-state index is 0. The van der Waals surface area contributed by atoms with Crippen molar-refractivity contribution in [2.45, 2.75) is 51.5 Å². The molecule has 0 radical (unpaired) electrons. The molecule has 2 saturated heterocycles. The highest BCUT2D eigenvalue weighted by molar-refractivity contribution is 14.0. The Morgan fingerprint density at radius 3 is 2.74 bits per heavy atom. The molecule has 6 nitrogen and oxygen atoms in total. The molecule has 3 rings (SSSR count). The van der Waals surface area contributed by atoms with E-state index in [2.05, 4.69) is 29.7 Å². The molecule has 1 atom stereocenters. The van der Waals surface area contributed by atoms with Crippen LogP contribution in [0.15, 0.2) is 29.3 Å². The Morgan fingerprint density at radius 1 is 1.35 bits per heavy atom. The van der Waals surface area contributed by atoms with Gasteiger partial charge < -0.3 is 20.3 Å². The lowest BCUT2D eigenvalue weighted by atomic mass is 9.74. The van der Waals surface area contributed by atoms with Gasteiger partial charge >= 0.3 is 0 Å². The molecule has 8 heteroatoms. The number of hydrogen-bond acceptors (Lipinski definition) is 3. The number of benzene rings is 1. The average Bonchev–Trinajstić information content (AvgIpc) is 3.20. The zero-order valence-electron chi connectivity index (χ0n) is 18.8. The third-order valence-corrected chi connectivity index (χ3v) is 6.34. The van der Waals surface area contributed by atoms with Crippen LogP contribution in [-0.4, -0.2) is 62.2 Å². The molecule has 2 aliphatic heterocycles. The number of hydrogen-bond donors (Lipinski definition) is 2. The summed E-state index contributed by atoms with van der Waals surface area (Å²) in [5.74, 6) is 1.08. The van der Waals surface area contributed by atoms with Crippen LogP contribution >= 0.6 is 35.6 Å². The molecular weight excluding hydrogens is 527 g/mol. The molecule has 0 bridgehead atoms. The Hall–Kier alpha value is -1.06. The minimum atomic E-state index is -0.0686. The molecular formula is C23H36ClIN4O2. The van der Waals surface area contributed by atoms with E-state index in [1.807, 2.05) is 30.9 Å². The van der Waals surface area contributed by atoms with Crippen molar-refractivity contribution in [3.63, 3.8) is 0 Å². The molecule has 1 aromatic rings. The second-order valence-electron chi connectivity index (χ2n) is 8.67. The highest BCUT2D eigenvalue weighted by atomic mass is 127. The first-order valence-electron chi connectivity index (χ1n) is 11.1. The van der Waals surface area contributed by atoms with Gasteiger partial charge in [-0.25, -0.2) is 0 Å². The van der Waals surface area contributed by atoms with E-state index in [4.69, 9.17) is 21.3 Å². The fourth-order valence-electron chi connectivity index (χ4n) is 4.31. The molecule has 0 aliphatic carbocycles. The summed E-state index contributed by atoms with van der Waals surface area (Å²) in [5, 5.41) is 7.68. The van der Waals surface area contributed by atoms with Crippen molar-refractivity contribution in [2.75, 3.05) is 39.4 Å². The van der Waals surface area contributed by atoms with Crippen LogP contribution in [0, 0.1) is 5.92 Å². The van der Waals surface area contributed by atoms with Crippen LogP contribution < -0.4 is 10.6 Å². The third kappa shape index (κ3) is 6.96. The lowest BCUT2D eigenvalue weighted by Gasteiger charge is -2.37. The number of carbonyl (C=O) groups excluding carboxylic acids is 1. The third-order valence-electron chi connectivity index (χ3n) is 6.11. The molecule has 1 amide bonds. The van der Waals surface area contributed by atoms with E-state index in [0.717, 1.165) is 63.1 Å². The first-order valence-corrected chi connectivity index (χ1v) is 11.5. The Balaban J connectivity index is 0.00000341. The van der Waals surface area contributed by atoms with Crippen molar-refractivity contribution in [3.05, 3.63) is 34.9 Å². The average molecular weight is 563 g/mol. The fraction of sp³-hybridized carbons (Fsp3) is 0.652. The molecule has 31 heavy (non-hydrogen) atoms. The monoisotopic (exact) mass is 562 g/mol. The van der Waals surface area contributed by atoms with Gasteiger partial charge in [0.1, 0.15) is 0 Å². The maximum absolute atomic E-state index is 12.3. The second-order valence-corrected chi connectivity index (χ2v) is 9.10. The Morgan fingerprint density at radius 2 is 2.10 bits per heavy atom. The molecule has 2 fully saturated rings. The van der Waals surface area contributed by atoms with E-state index >= 15 is 0 Å². The molecule has 2 N–H and O–H groups in total. The molecule has 174 valence electrons. The van der Waals surface area contributed by atoms with Crippen LogP contribution in [0.2, 0.25) is 5.02 Å². The van der Waals surface area contributed by atoms with Gasteiger partial charge in [0, 0.05) is 55.2 Å². The van der Waals surface area contributed by atoms with Gasteiger partial charge in [0.2, 0.25) is 5.91 Å². The van der Waals surface area contributed by atoms with Gasteiger partial charge in [-0.1, -0.05) is 37.6 Å². The van der Waals surface area contributed by atoms with Gasteiger partial charge in [0.25, 0.3) is 0 Å². The van der Waals surface area contributed by atoms with Crippen LogP contribution in [-0.2, 0) is 14.9 Å². The molecule has 2 heterocycles. The number of likely N-dealkylation sites (tertiary alicyclic amines) is 1. The van der Waals surface area contributed by atoms with E-state index in [-0.39, 0.29) is 47.3 Å². The summed E-state index contributed by atoms with van der Waals surface area (Å²) in [5.41, 5.74) is 1.16. The Labute approximate surface area is 208 Å². The quantitative estimate of drug-likeness (QED) is 0.314.